The number of hydrogen-bond acceptors (Lipinski definition) is 9. The fraction of sp³-hybridized carbons (Fsp3) is 0.455. The van der Waals surface area contributed by atoms with E-state index in [0.29, 0.717) is 100 Å². The molecule has 2 aliphatic carbocycles. The van der Waals surface area contributed by atoms with Crippen LogP contribution in [0.3, 0.4) is 0 Å². The lowest BCUT2D eigenvalue weighted by molar-refractivity contribution is 0.0976. The molecule has 0 aliphatic heterocycles. The minimum atomic E-state index is -0.649. The molecule has 63 heavy (non-hydrogen) atoms. The number of aliphatic hydroxyl groups is 1. The average molecular weight is 863 g/mol. The van der Waals surface area contributed by atoms with E-state index in [-0.39, 0.29) is 35.2 Å². The molecule has 4 amide bonds. The third-order valence-corrected chi connectivity index (χ3v) is 12.8. The smallest absolute Gasteiger partial charge is 0.298 e. The van der Waals surface area contributed by atoms with Crippen LogP contribution < -0.4 is 32.2 Å². The molecule has 6 aromatic rings. The van der Waals surface area contributed by atoms with Crippen molar-refractivity contribution in [1.29, 1.82) is 0 Å². The summed E-state index contributed by atoms with van der Waals surface area (Å²) in [5.74, 6) is -1.45. The van der Waals surface area contributed by atoms with E-state index in [9.17, 15) is 24.3 Å². The summed E-state index contributed by atoms with van der Waals surface area (Å²) in [4.78, 5) is 63.0. The minimum absolute atomic E-state index is 0.0963. The predicted octanol–water partition coefficient (Wildman–Crippen LogP) is 3.03. The number of fused-ring (bicyclic) bond motifs is 2. The van der Waals surface area contributed by atoms with Gasteiger partial charge < -0.3 is 44.3 Å². The number of aromatic nitrogens is 8. The first kappa shape index (κ1) is 42.9. The van der Waals surface area contributed by atoms with Crippen molar-refractivity contribution in [1.82, 2.24) is 37.8 Å². The molecule has 332 valence electrons. The van der Waals surface area contributed by atoms with Gasteiger partial charge in [0.25, 0.3) is 11.8 Å². The first-order chi connectivity index (χ1) is 30.1. The molecule has 2 fully saturated rings. The Hall–Kier alpha value is -6.76. The standard InChI is InChI=1S/C44H54N12O7/c1-8-55-31(17-25(3)49-55)39(60)47-41-51(5)29-19-27(37(45)58)21-33(62-7)35(29)53(41)23-43(11-12-43)44(13-14-44)24-54-36-30(20-28(38(46)59)22-34(36)63-16-10-15-57)52(6)42(54)48-40(61)32-18-26(4)50-56(32)9-2/h17-22,57H,8-16,23-24H2,1-7H3,(H2,45,58)(H2,46,59). The number of amides is 4. The van der Waals surface area contributed by atoms with Gasteiger partial charge in [-0.25, -0.2) is 0 Å². The Labute approximate surface area is 362 Å². The van der Waals surface area contributed by atoms with Crippen LogP contribution in [0.2, 0.25) is 0 Å². The van der Waals surface area contributed by atoms with Gasteiger partial charge in [-0.1, -0.05) is 0 Å². The number of primary amides is 2. The quantitative estimate of drug-likeness (QED) is 0.121. The van der Waals surface area contributed by atoms with Gasteiger partial charge in [0.1, 0.15) is 33.9 Å². The molecular weight excluding hydrogens is 809 g/mol. The second-order valence-corrected chi connectivity index (χ2v) is 16.8. The predicted molar refractivity (Wildman–Crippen MR) is 231 cm³/mol. The van der Waals surface area contributed by atoms with Crippen molar-refractivity contribution in [3.8, 4) is 11.5 Å². The highest BCUT2D eigenvalue weighted by atomic mass is 16.5. The summed E-state index contributed by atoms with van der Waals surface area (Å²) in [6.07, 6.45) is 3.75. The molecule has 0 atom stereocenters. The lowest BCUT2D eigenvalue weighted by Crippen LogP contribution is -2.36. The number of rotatable bonds is 16. The van der Waals surface area contributed by atoms with Gasteiger partial charge in [-0.15, -0.1) is 0 Å². The molecule has 0 unspecified atom stereocenters. The number of benzene rings is 2. The zero-order chi connectivity index (χ0) is 45.1. The van der Waals surface area contributed by atoms with Crippen molar-refractivity contribution >= 4 is 45.7 Å². The Balaban J connectivity index is 1.31. The zero-order valence-corrected chi connectivity index (χ0v) is 36.8. The number of methoxy groups -OCH3 is 1. The van der Waals surface area contributed by atoms with Gasteiger partial charge in [-0.3, -0.25) is 28.5 Å². The lowest BCUT2D eigenvalue weighted by Gasteiger charge is -2.29. The van der Waals surface area contributed by atoms with E-state index < -0.39 is 23.6 Å². The van der Waals surface area contributed by atoms with Crippen LogP contribution >= 0.6 is 0 Å². The lowest BCUT2D eigenvalue weighted by atomic mass is 9.85. The van der Waals surface area contributed by atoms with Crippen LogP contribution in [0.15, 0.2) is 46.4 Å². The second-order valence-electron chi connectivity index (χ2n) is 16.8. The summed E-state index contributed by atoms with van der Waals surface area (Å²) in [5, 5.41) is 18.6. The van der Waals surface area contributed by atoms with Gasteiger partial charge in [-0.2, -0.15) is 20.2 Å². The molecule has 19 heteroatoms. The summed E-state index contributed by atoms with van der Waals surface area (Å²) in [5.41, 5.74) is 16.7. The van der Waals surface area contributed by atoms with Crippen molar-refractivity contribution in [3.05, 3.63) is 81.5 Å². The molecule has 19 nitrogen and oxygen atoms in total. The van der Waals surface area contributed by atoms with Gasteiger partial charge >= 0.3 is 0 Å². The second kappa shape index (κ2) is 16.2. The summed E-state index contributed by atoms with van der Waals surface area (Å²) in [6.45, 7) is 9.34. The van der Waals surface area contributed by atoms with Crippen molar-refractivity contribution in [2.24, 2.45) is 46.4 Å². The van der Waals surface area contributed by atoms with Crippen LogP contribution in [0, 0.1) is 24.7 Å². The Bertz CT molecular complexity index is 3000. The maximum Gasteiger partial charge on any atom is 0.298 e. The van der Waals surface area contributed by atoms with Crippen LogP contribution in [0.4, 0.5) is 0 Å². The number of nitrogens with two attached hydrogens (primary N) is 2. The normalized spacial score (nSPS) is 15.7. The van der Waals surface area contributed by atoms with E-state index in [2.05, 4.69) is 10.2 Å². The molecule has 0 bridgehead atoms. The molecule has 0 saturated heterocycles. The Morgan fingerprint density at radius 2 is 1.14 bits per heavy atom. The number of aryl methyl sites for hydroxylation is 6. The van der Waals surface area contributed by atoms with Gasteiger partial charge in [-0.05, 0) is 101 Å². The van der Waals surface area contributed by atoms with Crippen LogP contribution in [-0.4, -0.2) is 86.9 Å². The van der Waals surface area contributed by atoms with Crippen molar-refractivity contribution < 1.29 is 33.8 Å². The molecule has 2 saturated carbocycles. The third-order valence-electron chi connectivity index (χ3n) is 12.8. The topological polar surface area (TPSA) is 239 Å². The number of nitrogens with zero attached hydrogens (tertiary/aromatic N) is 10. The van der Waals surface area contributed by atoms with Gasteiger partial charge in [0.15, 0.2) is 0 Å². The number of imidazole rings is 2. The molecule has 2 aromatic carbocycles. The largest absolute Gasteiger partial charge is 0.494 e. The van der Waals surface area contributed by atoms with Gasteiger partial charge in [0.05, 0.1) is 36.1 Å². The molecule has 0 radical (unpaired) electrons. The number of carbonyl (C=O) groups is 4. The Morgan fingerprint density at radius 1 is 0.714 bits per heavy atom. The number of hydrogen-bond donors (Lipinski definition) is 3. The van der Waals surface area contributed by atoms with Crippen LogP contribution in [0.1, 0.15) is 99.0 Å². The van der Waals surface area contributed by atoms with E-state index in [0.717, 1.165) is 25.7 Å². The van der Waals surface area contributed by atoms with E-state index in [4.69, 9.17) is 30.9 Å². The highest BCUT2D eigenvalue weighted by Crippen LogP contribution is 2.72. The van der Waals surface area contributed by atoms with E-state index in [1.807, 2.05) is 36.8 Å². The van der Waals surface area contributed by atoms with Crippen molar-refractivity contribution in [3.63, 3.8) is 0 Å². The monoisotopic (exact) mass is 862 g/mol. The van der Waals surface area contributed by atoms with Crippen LogP contribution in [0.5, 0.6) is 11.5 Å². The molecular formula is C44H54N12O7. The number of carbonyl (C=O) groups excluding carboxylic acids is 4. The van der Waals surface area contributed by atoms with E-state index >= 15 is 0 Å². The summed E-state index contributed by atoms with van der Waals surface area (Å²) < 4.78 is 23.0. The third kappa shape index (κ3) is 7.42. The fourth-order valence-electron chi connectivity index (χ4n) is 9.22. The number of aliphatic hydroxyl groups excluding tert-OH is 1. The SMILES string of the molecule is CCn1nc(C)cc1C(=O)N=c1n(C)c2cc(C(N)=O)cc(OC)c2n1CC1(C2(Cn3c(=NC(=O)c4cc(C)nn4CC)n(C)c4cc(C(N)=O)cc(OCCCO)c43)CC2)CC1. The fourth-order valence-corrected chi connectivity index (χ4v) is 9.22. The first-order valence-electron chi connectivity index (χ1n) is 21.2. The molecule has 5 N–H and O–H groups in total. The number of ether oxygens (including phenoxy) is 2. The van der Waals surface area contributed by atoms with Crippen LogP contribution in [0.25, 0.3) is 22.1 Å². The molecule has 0 spiro atoms. The van der Waals surface area contributed by atoms with E-state index in [1.54, 1.807) is 69.0 Å². The zero-order valence-electron chi connectivity index (χ0n) is 36.8. The van der Waals surface area contributed by atoms with Crippen LogP contribution in [-0.2, 0) is 40.3 Å². The van der Waals surface area contributed by atoms with Gasteiger partial charge in [0.2, 0.25) is 23.1 Å². The van der Waals surface area contributed by atoms with Crippen molar-refractivity contribution in [2.75, 3.05) is 20.3 Å². The molecule has 8 rings (SSSR count). The minimum Gasteiger partial charge on any atom is -0.494 e. The summed E-state index contributed by atoms with van der Waals surface area (Å²) >= 11 is 0. The highest BCUT2D eigenvalue weighted by molar-refractivity contribution is 6.00. The van der Waals surface area contributed by atoms with E-state index in [1.165, 1.54) is 7.11 Å². The molecule has 4 aromatic heterocycles. The Morgan fingerprint density at radius 3 is 1.52 bits per heavy atom. The molecule has 4 heterocycles. The average Bonchev–Trinajstić information content (AvgIpc) is 4.11. The molecule has 2 aliphatic rings. The Kier molecular flexibility index (Phi) is 11.0. The summed E-state index contributed by atoms with van der Waals surface area (Å²) in [6, 6.07) is 10.0. The van der Waals surface area contributed by atoms with Crippen molar-refractivity contribution in [2.45, 2.75) is 86.0 Å². The maximum atomic E-state index is 14.1. The highest BCUT2D eigenvalue weighted by Gasteiger charge is 2.65. The maximum absolute atomic E-state index is 14.1. The first-order valence-corrected chi connectivity index (χ1v) is 21.2. The van der Waals surface area contributed by atoms with Gasteiger partial charge in [0, 0.05) is 64.4 Å². The summed E-state index contributed by atoms with van der Waals surface area (Å²) in [7, 11) is 5.11.